The van der Waals surface area contributed by atoms with E-state index in [4.69, 9.17) is 10.6 Å². The van der Waals surface area contributed by atoms with E-state index in [1.807, 2.05) is 9.36 Å². The molecule has 1 saturated heterocycles. The Morgan fingerprint density at radius 3 is 2.81 bits per heavy atom. The number of nitrogen functional groups attached to an aromatic ring is 1. The number of oxime groups is 1. The fourth-order valence-corrected chi connectivity index (χ4v) is 7.07. The van der Waals surface area contributed by atoms with Gasteiger partial charge in [-0.2, -0.15) is 32.8 Å². The van der Waals surface area contributed by atoms with Crippen LogP contribution in [0.3, 0.4) is 0 Å². The summed E-state index contributed by atoms with van der Waals surface area (Å²) in [7, 11) is -4.99. The highest BCUT2D eigenvalue weighted by Crippen LogP contribution is 2.40. The van der Waals surface area contributed by atoms with E-state index in [0.717, 1.165) is 24.4 Å². The maximum atomic E-state index is 13.3. The summed E-state index contributed by atoms with van der Waals surface area (Å²) in [6, 6.07) is -2.73. The van der Waals surface area contributed by atoms with E-state index in [1.54, 1.807) is 24.4 Å². The average molecular weight is 655 g/mol. The van der Waals surface area contributed by atoms with Crippen LogP contribution in [0.2, 0.25) is 0 Å². The minimum atomic E-state index is -4.99. The number of hydrogen-bond donors (Lipinski definition) is 4. The standard InChI is InChI=1S/C21H23N11O8S3/c22-20-25-13(8-42-20)15(28-40-21(1-2-21)19(35)36)17(33)26-16-14(32(18(16)34)43(37,38)39)6-31-24-3-11(27-31)7-41-12-4-29-9-23-10-30(29)5-12/h3,8-10,12,14,16H,1-2,4-7H2,(H4-,22,25,26,33,35,36,37,38,39)/p+1/b28-15-/t14-,16+/m1/s1. The van der Waals surface area contributed by atoms with E-state index >= 15 is 0 Å². The zero-order valence-electron chi connectivity index (χ0n) is 22.0. The molecule has 0 bridgehead atoms. The number of fused-ring (bicyclic) bond motifs is 1. The molecule has 3 aliphatic rings. The maximum absolute atomic E-state index is 13.3. The van der Waals surface area contributed by atoms with Gasteiger partial charge in [0.25, 0.3) is 11.8 Å². The smallest absolute Gasteiger partial charge is 0.362 e. The number of carboxylic acid groups (broad SMARTS) is 1. The van der Waals surface area contributed by atoms with Crippen molar-refractivity contribution < 1.29 is 42.0 Å². The molecule has 2 atom stereocenters. The summed E-state index contributed by atoms with van der Waals surface area (Å²) >= 11 is 2.64. The Morgan fingerprint density at radius 2 is 2.16 bits per heavy atom. The molecule has 5 heterocycles. The molecule has 1 saturated carbocycles. The number of amides is 2. The number of carboxylic acids is 1. The van der Waals surface area contributed by atoms with Crippen LogP contribution in [0, 0.1) is 0 Å². The quantitative estimate of drug-likeness (QED) is 0.0525. The summed E-state index contributed by atoms with van der Waals surface area (Å²) in [5, 5.41) is 25.8. The van der Waals surface area contributed by atoms with Crippen LogP contribution in [0.15, 0.2) is 29.4 Å². The van der Waals surface area contributed by atoms with Gasteiger partial charge in [0.05, 0.1) is 30.2 Å². The summed E-state index contributed by atoms with van der Waals surface area (Å²) in [5.41, 5.74) is 4.19. The predicted octanol–water partition coefficient (Wildman–Crippen LogP) is -2.35. The molecule has 0 aromatic carbocycles. The van der Waals surface area contributed by atoms with E-state index in [-0.39, 0.29) is 34.5 Å². The molecule has 0 radical (unpaired) electrons. The first kappa shape index (κ1) is 28.9. The van der Waals surface area contributed by atoms with Gasteiger partial charge in [-0.3, -0.25) is 14.1 Å². The fourth-order valence-electron chi connectivity index (χ4n) is 4.60. The van der Waals surface area contributed by atoms with Gasteiger partial charge in [0.2, 0.25) is 11.9 Å². The molecule has 6 rings (SSSR count). The molecule has 2 aliphatic heterocycles. The number of nitrogens with two attached hydrogens (primary N) is 1. The van der Waals surface area contributed by atoms with Gasteiger partial charge < -0.3 is 21.0 Å². The van der Waals surface area contributed by atoms with Crippen molar-refractivity contribution in [3.05, 3.63) is 35.6 Å². The molecule has 3 aromatic heterocycles. The molecule has 3 aromatic rings. The van der Waals surface area contributed by atoms with Crippen molar-refractivity contribution in [3.63, 3.8) is 0 Å². The number of thioether (sulfide) groups is 1. The third kappa shape index (κ3) is 5.77. The molecule has 228 valence electrons. The van der Waals surface area contributed by atoms with Gasteiger partial charge in [-0.15, -0.1) is 23.1 Å². The van der Waals surface area contributed by atoms with E-state index < -0.39 is 51.5 Å². The van der Waals surface area contributed by atoms with Crippen molar-refractivity contribution in [2.75, 3.05) is 5.73 Å². The number of thiazole rings is 1. The summed E-state index contributed by atoms with van der Waals surface area (Å²) in [4.78, 5) is 51.9. The van der Waals surface area contributed by atoms with Crippen LogP contribution in [-0.2, 0) is 54.9 Å². The number of hydrogen-bond acceptors (Lipinski definition) is 14. The van der Waals surface area contributed by atoms with Crippen LogP contribution >= 0.6 is 23.1 Å². The zero-order valence-corrected chi connectivity index (χ0v) is 24.4. The second kappa shape index (κ2) is 10.8. The minimum absolute atomic E-state index is 0.0447. The Balaban J connectivity index is 1.15. The van der Waals surface area contributed by atoms with Crippen molar-refractivity contribution in [2.24, 2.45) is 5.16 Å². The number of aromatic nitrogens is 7. The third-order valence-corrected chi connectivity index (χ3v) is 9.86. The lowest BCUT2D eigenvalue weighted by Gasteiger charge is -2.43. The van der Waals surface area contributed by atoms with Crippen LogP contribution in [0.5, 0.6) is 0 Å². The fraction of sp³-hybridized carbons (Fsp3) is 0.476. The first-order valence-corrected chi connectivity index (χ1v) is 16.0. The largest absolute Gasteiger partial charge is 0.478 e. The van der Waals surface area contributed by atoms with Crippen LogP contribution < -0.4 is 15.7 Å². The van der Waals surface area contributed by atoms with Crippen molar-refractivity contribution in [1.29, 1.82) is 0 Å². The van der Waals surface area contributed by atoms with Crippen molar-refractivity contribution in [3.8, 4) is 0 Å². The predicted molar refractivity (Wildman–Crippen MR) is 145 cm³/mol. The van der Waals surface area contributed by atoms with Gasteiger partial charge >= 0.3 is 22.6 Å². The zero-order chi connectivity index (χ0) is 30.5. The second-order valence-electron chi connectivity index (χ2n) is 9.98. The maximum Gasteiger partial charge on any atom is 0.362 e. The molecule has 43 heavy (non-hydrogen) atoms. The number of β-lactam (4-membered cyclic amide) rings is 1. The van der Waals surface area contributed by atoms with Gasteiger partial charge in [-0.25, -0.2) is 14.1 Å². The number of nitrogens with zero attached hydrogens (tertiary/aromatic N) is 9. The first-order valence-electron chi connectivity index (χ1n) is 12.7. The van der Waals surface area contributed by atoms with Crippen LogP contribution in [-0.4, -0.2) is 98.5 Å². The topological polar surface area (TPSA) is 254 Å². The van der Waals surface area contributed by atoms with Crippen LogP contribution in [0.25, 0.3) is 0 Å². The molecule has 1 aliphatic carbocycles. The van der Waals surface area contributed by atoms with Crippen molar-refractivity contribution >= 4 is 62.0 Å². The Bertz CT molecular complexity index is 1710. The second-order valence-corrected chi connectivity index (χ2v) is 13.4. The van der Waals surface area contributed by atoms with E-state index in [9.17, 15) is 32.5 Å². The lowest BCUT2D eigenvalue weighted by atomic mass is 9.98. The Morgan fingerprint density at radius 1 is 1.37 bits per heavy atom. The van der Waals surface area contributed by atoms with Crippen molar-refractivity contribution in [1.82, 2.24) is 39.3 Å². The summed E-state index contributed by atoms with van der Waals surface area (Å²) < 4.78 is 37.9. The monoisotopic (exact) mass is 654 g/mol. The number of nitrogens with one attached hydrogen (secondary N) is 1. The SMILES string of the molecule is Nc1nc(/C(=N/OC2(C(=O)O)CC2)C(=O)N[C@@H]2C(=O)N(S(=O)(=O)O)[C@@H]2Cn2ncc(CSC3Cn4cnc[n+]4C3)n2)cs1. The van der Waals surface area contributed by atoms with Gasteiger partial charge in [-0.05, 0) is 4.98 Å². The normalized spacial score (nSPS) is 22.6. The number of rotatable bonds is 12. The van der Waals surface area contributed by atoms with Gasteiger partial charge in [-0.1, -0.05) is 5.16 Å². The lowest BCUT2D eigenvalue weighted by molar-refractivity contribution is -0.758. The van der Waals surface area contributed by atoms with Gasteiger partial charge in [0.15, 0.2) is 10.8 Å². The molecular weight excluding hydrogens is 631 g/mol. The highest BCUT2D eigenvalue weighted by Gasteiger charge is 2.56. The number of carbonyl (C=O) groups excluding carboxylic acids is 2. The van der Waals surface area contributed by atoms with Crippen LogP contribution in [0.1, 0.15) is 24.2 Å². The molecule has 2 amide bonds. The van der Waals surface area contributed by atoms with Gasteiger partial charge in [0, 0.05) is 24.0 Å². The molecular formula is C21H24N11O8S3+. The molecule has 19 nitrogen and oxygen atoms in total. The van der Waals surface area contributed by atoms with E-state index in [0.29, 0.717) is 16.7 Å². The minimum Gasteiger partial charge on any atom is -0.478 e. The van der Waals surface area contributed by atoms with E-state index in [1.165, 1.54) is 16.4 Å². The Labute approximate surface area is 250 Å². The molecule has 0 spiro atoms. The highest BCUT2D eigenvalue weighted by molar-refractivity contribution is 7.99. The Hall–Kier alpha value is -4.15. The molecule has 2 fully saturated rings. The summed E-state index contributed by atoms with van der Waals surface area (Å²) in [6.45, 7) is 1.29. The number of anilines is 1. The number of carbonyl (C=O) groups is 3. The lowest BCUT2D eigenvalue weighted by Crippen LogP contribution is -2.73. The number of aliphatic carboxylic acids is 1. The third-order valence-electron chi connectivity index (χ3n) is 7.00. The van der Waals surface area contributed by atoms with Crippen LogP contribution in [0.4, 0.5) is 5.13 Å². The van der Waals surface area contributed by atoms with E-state index in [2.05, 4.69) is 30.6 Å². The molecule has 5 N–H and O–H groups in total. The summed E-state index contributed by atoms with van der Waals surface area (Å²) in [5.74, 6) is -2.86. The van der Waals surface area contributed by atoms with Gasteiger partial charge in [0.1, 0.15) is 24.3 Å². The highest BCUT2D eigenvalue weighted by atomic mass is 32.2. The average Bonchev–Trinajstić information content (AvgIpc) is 3.31. The summed E-state index contributed by atoms with van der Waals surface area (Å²) in [6.07, 6.45) is 5.36. The first-order chi connectivity index (χ1) is 20.4. The molecule has 0 unspecified atom stereocenters. The Kier molecular flexibility index (Phi) is 7.30. The van der Waals surface area contributed by atoms with Crippen molar-refractivity contribution in [2.45, 2.75) is 61.2 Å². The molecule has 22 heteroatoms.